The number of hydrogen-bond acceptors (Lipinski definition) is 2. The van der Waals surface area contributed by atoms with Gasteiger partial charge in [0.1, 0.15) is 0 Å². The number of nitrogens with zero attached hydrogens (tertiary/aromatic N) is 1. The number of carbonyl (C=O) groups is 1. The Balaban J connectivity index is 3.07. The zero-order chi connectivity index (χ0) is 8.81. The minimum atomic E-state index is 0.601. The number of benzene rings is 1. The number of carbonyl (C=O) groups excluding carboxylic acids is 1. The zero-order valence-electron chi connectivity index (χ0n) is 6.40. The molecule has 2 nitrogen and oxygen atoms in total. The predicted molar refractivity (Wildman–Crippen MR) is 46.5 cm³/mol. The first kappa shape index (κ1) is 8.22. The van der Waals surface area contributed by atoms with Crippen molar-refractivity contribution in [2.45, 2.75) is 0 Å². The van der Waals surface area contributed by atoms with Gasteiger partial charge in [0.25, 0.3) is 0 Å². The van der Waals surface area contributed by atoms with Crippen molar-refractivity contribution in [3.8, 4) is 6.07 Å². The van der Waals surface area contributed by atoms with E-state index in [4.69, 9.17) is 5.26 Å². The van der Waals surface area contributed by atoms with Crippen molar-refractivity contribution in [3.63, 3.8) is 0 Å². The first-order chi connectivity index (χ1) is 5.88. The highest BCUT2D eigenvalue weighted by molar-refractivity contribution is 5.81. The van der Waals surface area contributed by atoms with Crippen molar-refractivity contribution >= 4 is 12.4 Å². The minimum absolute atomic E-state index is 0.601. The summed E-state index contributed by atoms with van der Waals surface area (Å²) in [5.41, 5.74) is 1.37. The Kier molecular flexibility index (Phi) is 2.80. The van der Waals surface area contributed by atoms with Crippen LogP contribution in [0.3, 0.4) is 0 Å². The maximum absolute atomic E-state index is 10.5. The average molecular weight is 157 g/mol. The highest BCUT2D eigenvalue weighted by Crippen LogP contribution is 2.07. The normalized spacial score (nSPS) is 9.58. The van der Waals surface area contributed by atoms with Crippen molar-refractivity contribution in [3.05, 3.63) is 41.5 Å². The lowest BCUT2D eigenvalue weighted by Crippen LogP contribution is -1.83. The summed E-state index contributed by atoms with van der Waals surface area (Å²) in [6.07, 6.45) is 3.74. The molecular formula is C10H7NO. The topological polar surface area (TPSA) is 40.9 Å². The lowest BCUT2D eigenvalue weighted by Gasteiger charge is -1.94. The molecule has 12 heavy (non-hydrogen) atoms. The van der Waals surface area contributed by atoms with Gasteiger partial charge in [-0.2, -0.15) is 5.26 Å². The summed E-state index contributed by atoms with van der Waals surface area (Å²) in [6, 6.07) is 8.98. The highest BCUT2D eigenvalue weighted by atomic mass is 16.1. The molecule has 0 spiro atoms. The molecule has 0 aliphatic rings. The van der Waals surface area contributed by atoms with Gasteiger partial charge in [-0.15, -0.1) is 0 Å². The largest absolute Gasteiger partial charge is 0.298 e. The van der Waals surface area contributed by atoms with E-state index in [1.54, 1.807) is 24.3 Å². The molecule has 0 radical (unpaired) electrons. The van der Waals surface area contributed by atoms with Crippen LogP contribution >= 0.6 is 0 Å². The Morgan fingerprint density at radius 1 is 1.25 bits per heavy atom. The summed E-state index contributed by atoms with van der Waals surface area (Å²) in [6.45, 7) is 0. The lowest BCUT2D eigenvalue weighted by atomic mass is 10.1. The second-order valence-electron chi connectivity index (χ2n) is 2.21. The Morgan fingerprint density at radius 3 is 2.50 bits per heavy atom. The Bertz CT molecular complexity index is 347. The van der Waals surface area contributed by atoms with Crippen LogP contribution in [0.1, 0.15) is 15.9 Å². The quantitative estimate of drug-likeness (QED) is 0.487. The van der Waals surface area contributed by atoms with E-state index in [1.807, 2.05) is 12.1 Å². The van der Waals surface area contributed by atoms with E-state index in [0.717, 1.165) is 11.8 Å². The molecule has 1 aromatic rings. The zero-order valence-corrected chi connectivity index (χ0v) is 6.40. The molecule has 0 bridgehead atoms. The molecule has 0 aliphatic heterocycles. The van der Waals surface area contributed by atoms with Crippen LogP contribution in [0, 0.1) is 11.3 Å². The van der Waals surface area contributed by atoms with Crippen LogP contribution in [0.25, 0.3) is 6.08 Å². The van der Waals surface area contributed by atoms with Crippen LogP contribution in [0.5, 0.6) is 0 Å². The van der Waals surface area contributed by atoms with Gasteiger partial charge in [0, 0.05) is 11.6 Å². The Morgan fingerprint density at radius 2 is 1.92 bits per heavy atom. The van der Waals surface area contributed by atoms with Crippen LogP contribution in [-0.2, 0) is 0 Å². The van der Waals surface area contributed by atoms with Crippen LogP contribution in [0.4, 0.5) is 0 Å². The maximum atomic E-state index is 10.5. The van der Waals surface area contributed by atoms with Gasteiger partial charge in [-0.05, 0) is 11.6 Å². The standard InChI is InChI=1S/C10H7NO/c11-7-3-6-9-4-1-2-5-10(9)8-12/h1-6,8H/b6-3+. The lowest BCUT2D eigenvalue weighted by molar-refractivity contribution is 0.112. The van der Waals surface area contributed by atoms with E-state index >= 15 is 0 Å². The molecule has 0 saturated heterocycles. The molecule has 0 heterocycles. The van der Waals surface area contributed by atoms with Gasteiger partial charge in [-0.25, -0.2) is 0 Å². The summed E-state index contributed by atoms with van der Waals surface area (Å²) in [4.78, 5) is 10.5. The number of rotatable bonds is 2. The number of aldehydes is 1. The van der Waals surface area contributed by atoms with Crippen molar-refractivity contribution in [1.29, 1.82) is 5.26 Å². The highest BCUT2D eigenvalue weighted by Gasteiger charge is 1.93. The van der Waals surface area contributed by atoms with Gasteiger partial charge < -0.3 is 0 Å². The van der Waals surface area contributed by atoms with Gasteiger partial charge in [0.05, 0.1) is 6.07 Å². The van der Waals surface area contributed by atoms with E-state index in [9.17, 15) is 4.79 Å². The summed E-state index contributed by atoms with van der Waals surface area (Å²) in [7, 11) is 0. The number of hydrogen-bond donors (Lipinski definition) is 0. The molecule has 1 rings (SSSR count). The maximum Gasteiger partial charge on any atom is 0.150 e. The summed E-state index contributed by atoms with van der Waals surface area (Å²) < 4.78 is 0. The van der Waals surface area contributed by atoms with Crippen molar-refractivity contribution in [1.82, 2.24) is 0 Å². The minimum Gasteiger partial charge on any atom is -0.298 e. The van der Waals surface area contributed by atoms with Gasteiger partial charge in [-0.3, -0.25) is 4.79 Å². The van der Waals surface area contributed by atoms with Crippen molar-refractivity contribution in [2.24, 2.45) is 0 Å². The Hall–Kier alpha value is -1.88. The molecule has 2 heteroatoms. The van der Waals surface area contributed by atoms with Gasteiger partial charge in [0.2, 0.25) is 0 Å². The van der Waals surface area contributed by atoms with E-state index in [0.29, 0.717) is 5.56 Å². The second-order valence-corrected chi connectivity index (χ2v) is 2.21. The third-order valence-electron chi connectivity index (χ3n) is 1.46. The third-order valence-corrected chi connectivity index (χ3v) is 1.46. The van der Waals surface area contributed by atoms with E-state index < -0.39 is 0 Å². The second kappa shape index (κ2) is 4.09. The van der Waals surface area contributed by atoms with Crippen molar-refractivity contribution in [2.75, 3.05) is 0 Å². The molecule has 0 N–H and O–H groups in total. The fourth-order valence-electron chi connectivity index (χ4n) is 0.897. The van der Waals surface area contributed by atoms with Crippen LogP contribution in [0.15, 0.2) is 30.3 Å². The summed E-state index contributed by atoms with van der Waals surface area (Å²) >= 11 is 0. The first-order valence-corrected chi connectivity index (χ1v) is 3.49. The third kappa shape index (κ3) is 1.80. The molecule has 0 saturated carbocycles. The number of nitriles is 1. The summed E-state index contributed by atoms with van der Waals surface area (Å²) in [5.74, 6) is 0. The smallest absolute Gasteiger partial charge is 0.150 e. The van der Waals surface area contributed by atoms with E-state index in [-0.39, 0.29) is 0 Å². The van der Waals surface area contributed by atoms with Crippen LogP contribution in [-0.4, -0.2) is 6.29 Å². The van der Waals surface area contributed by atoms with Crippen molar-refractivity contribution < 1.29 is 4.79 Å². The molecule has 0 fully saturated rings. The fourth-order valence-corrected chi connectivity index (χ4v) is 0.897. The molecule has 1 aromatic carbocycles. The molecule has 58 valence electrons. The molecule has 0 atom stereocenters. The average Bonchev–Trinajstić information content (AvgIpc) is 2.15. The predicted octanol–water partition coefficient (Wildman–Crippen LogP) is 2.04. The molecular weight excluding hydrogens is 150 g/mol. The molecule has 0 aromatic heterocycles. The Labute approximate surface area is 70.8 Å². The van der Waals surface area contributed by atoms with Gasteiger partial charge in [0.15, 0.2) is 6.29 Å². The van der Waals surface area contributed by atoms with Crippen LogP contribution < -0.4 is 0 Å². The molecule has 0 unspecified atom stereocenters. The van der Waals surface area contributed by atoms with Gasteiger partial charge in [-0.1, -0.05) is 24.3 Å². The number of allylic oxidation sites excluding steroid dienone is 1. The van der Waals surface area contributed by atoms with Crippen LogP contribution in [0.2, 0.25) is 0 Å². The fraction of sp³-hybridized carbons (Fsp3) is 0. The van der Waals surface area contributed by atoms with E-state index in [1.165, 1.54) is 6.08 Å². The molecule has 0 amide bonds. The monoisotopic (exact) mass is 157 g/mol. The first-order valence-electron chi connectivity index (χ1n) is 3.49. The summed E-state index contributed by atoms with van der Waals surface area (Å²) in [5, 5.41) is 8.27. The van der Waals surface area contributed by atoms with E-state index in [2.05, 4.69) is 0 Å². The molecule has 0 aliphatic carbocycles. The SMILES string of the molecule is N#C/C=C/c1ccccc1C=O. The van der Waals surface area contributed by atoms with Gasteiger partial charge >= 0.3 is 0 Å².